The fourth-order valence-electron chi connectivity index (χ4n) is 4.30. The number of carbonyl (C=O) groups excluding carboxylic acids is 1. The molecule has 154 valence electrons. The summed E-state index contributed by atoms with van der Waals surface area (Å²) in [4.78, 5) is 12.4. The molecule has 1 aliphatic heterocycles. The van der Waals surface area contributed by atoms with Crippen LogP contribution in [0.4, 0.5) is 4.39 Å². The molecule has 0 saturated carbocycles. The molecule has 2 aromatic carbocycles. The van der Waals surface area contributed by atoms with E-state index in [1.165, 1.54) is 18.2 Å². The molecule has 29 heavy (non-hydrogen) atoms. The minimum Gasteiger partial charge on any atom is -0.354 e. The number of fused-ring (bicyclic) bond motifs is 1. The molecule has 1 aliphatic carbocycles. The Morgan fingerprint density at radius 1 is 1.10 bits per heavy atom. The van der Waals surface area contributed by atoms with Crippen molar-refractivity contribution in [3.8, 4) is 0 Å². The minimum atomic E-state index is -3.77. The Balaban J connectivity index is 1.53. The summed E-state index contributed by atoms with van der Waals surface area (Å²) < 4.78 is 39.3. The van der Waals surface area contributed by atoms with Crippen LogP contribution in [0.2, 0.25) is 0 Å². The third kappa shape index (κ3) is 4.21. The van der Waals surface area contributed by atoms with Gasteiger partial charge in [-0.05, 0) is 80.1 Å². The Hall–Kier alpha value is -2.25. The molecule has 1 amide bonds. The average molecular weight is 417 g/mol. The number of benzene rings is 2. The molecule has 4 rings (SSSR count). The topological polar surface area (TPSA) is 75.3 Å². The lowest BCUT2D eigenvalue weighted by atomic mass is 9.83. The van der Waals surface area contributed by atoms with Crippen molar-refractivity contribution in [2.24, 2.45) is 0 Å². The van der Waals surface area contributed by atoms with E-state index in [0.717, 1.165) is 55.8 Å². The predicted octanol–water partition coefficient (Wildman–Crippen LogP) is 2.95. The van der Waals surface area contributed by atoms with Gasteiger partial charge in [0.2, 0.25) is 15.7 Å². The highest BCUT2D eigenvalue weighted by Gasteiger charge is 2.26. The van der Waals surface area contributed by atoms with Crippen LogP contribution in [0.15, 0.2) is 52.3 Å². The van der Waals surface area contributed by atoms with Gasteiger partial charge in [0.15, 0.2) is 0 Å². The molecule has 1 heterocycles. The van der Waals surface area contributed by atoms with E-state index in [0.29, 0.717) is 6.54 Å². The van der Waals surface area contributed by atoms with Crippen molar-refractivity contribution >= 4 is 15.7 Å². The number of hydrogen-bond donors (Lipinski definition) is 2. The molecule has 0 spiro atoms. The first-order valence-corrected chi connectivity index (χ1v) is 11.6. The van der Waals surface area contributed by atoms with Crippen LogP contribution in [0.1, 0.15) is 42.7 Å². The van der Waals surface area contributed by atoms with Crippen molar-refractivity contribution in [1.29, 1.82) is 0 Å². The number of nitrogens with one attached hydrogen (secondary N) is 2. The van der Waals surface area contributed by atoms with Crippen molar-refractivity contribution in [2.75, 3.05) is 13.1 Å². The van der Waals surface area contributed by atoms with E-state index in [1.807, 2.05) is 6.07 Å². The molecule has 2 aromatic rings. The van der Waals surface area contributed by atoms with E-state index in [4.69, 9.17) is 0 Å². The average Bonchev–Trinajstić information content (AvgIpc) is 3.26. The van der Waals surface area contributed by atoms with E-state index in [9.17, 15) is 17.6 Å². The van der Waals surface area contributed by atoms with Crippen LogP contribution in [0.3, 0.4) is 0 Å². The molecule has 0 aromatic heterocycles. The number of sulfone groups is 1. The fraction of sp³-hybridized carbons (Fsp3) is 0.409. The Morgan fingerprint density at radius 3 is 2.69 bits per heavy atom. The van der Waals surface area contributed by atoms with Gasteiger partial charge < -0.3 is 10.6 Å². The monoisotopic (exact) mass is 416 g/mol. The molecule has 2 aliphatic rings. The molecular weight excluding hydrogens is 391 g/mol. The lowest BCUT2D eigenvalue weighted by Gasteiger charge is -2.27. The van der Waals surface area contributed by atoms with Gasteiger partial charge in [0.1, 0.15) is 5.82 Å². The van der Waals surface area contributed by atoms with Gasteiger partial charge in [-0.2, -0.15) is 0 Å². The zero-order valence-corrected chi connectivity index (χ0v) is 17.0. The maximum atomic E-state index is 13.5. The number of carbonyl (C=O) groups is 1. The van der Waals surface area contributed by atoms with Gasteiger partial charge in [0.05, 0.1) is 15.8 Å². The SMILES string of the molecule is O=C(NC[C@@H]1CCCc2cc(S(=O)(=O)c3cccc(F)c3)ccc21)[C@H]1CCCN1. The number of halogens is 1. The molecule has 0 bridgehead atoms. The number of rotatable bonds is 5. The van der Waals surface area contributed by atoms with Gasteiger partial charge in [0.25, 0.3) is 0 Å². The van der Waals surface area contributed by atoms with Gasteiger partial charge in [-0.1, -0.05) is 12.1 Å². The van der Waals surface area contributed by atoms with Crippen molar-refractivity contribution in [3.05, 3.63) is 59.4 Å². The summed E-state index contributed by atoms with van der Waals surface area (Å²) in [7, 11) is -3.77. The van der Waals surface area contributed by atoms with Crippen molar-refractivity contribution in [2.45, 2.75) is 53.9 Å². The van der Waals surface area contributed by atoms with Crippen LogP contribution >= 0.6 is 0 Å². The second kappa shape index (κ2) is 8.24. The molecule has 2 N–H and O–H groups in total. The maximum absolute atomic E-state index is 13.5. The van der Waals surface area contributed by atoms with Gasteiger partial charge >= 0.3 is 0 Å². The zero-order chi connectivity index (χ0) is 20.4. The predicted molar refractivity (Wildman–Crippen MR) is 108 cm³/mol. The van der Waals surface area contributed by atoms with E-state index >= 15 is 0 Å². The summed E-state index contributed by atoms with van der Waals surface area (Å²) in [6.07, 6.45) is 4.60. The number of aryl methyl sites for hydroxylation is 1. The first-order chi connectivity index (χ1) is 13.9. The summed E-state index contributed by atoms with van der Waals surface area (Å²) in [6, 6.07) is 10.1. The van der Waals surface area contributed by atoms with Crippen LogP contribution < -0.4 is 10.6 Å². The second-order valence-corrected chi connectivity index (χ2v) is 9.75. The molecule has 1 saturated heterocycles. The Morgan fingerprint density at radius 2 is 1.93 bits per heavy atom. The van der Waals surface area contributed by atoms with Crippen LogP contribution in [0.25, 0.3) is 0 Å². The summed E-state index contributed by atoms with van der Waals surface area (Å²) >= 11 is 0. The normalized spacial score (nSPS) is 21.6. The third-order valence-electron chi connectivity index (χ3n) is 5.87. The quantitative estimate of drug-likeness (QED) is 0.786. The first kappa shape index (κ1) is 20.0. The van der Waals surface area contributed by atoms with Crippen LogP contribution in [0.5, 0.6) is 0 Å². The van der Waals surface area contributed by atoms with Gasteiger partial charge in [-0.15, -0.1) is 0 Å². The summed E-state index contributed by atoms with van der Waals surface area (Å²) in [6.45, 7) is 1.44. The van der Waals surface area contributed by atoms with E-state index in [1.54, 1.807) is 12.1 Å². The van der Waals surface area contributed by atoms with Gasteiger partial charge in [-0.25, -0.2) is 12.8 Å². The van der Waals surface area contributed by atoms with Crippen molar-refractivity contribution < 1.29 is 17.6 Å². The van der Waals surface area contributed by atoms with Crippen LogP contribution in [-0.4, -0.2) is 33.5 Å². The van der Waals surface area contributed by atoms with Gasteiger partial charge in [-0.3, -0.25) is 4.79 Å². The summed E-state index contributed by atoms with van der Waals surface area (Å²) in [5.74, 6) is -0.355. The Bertz CT molecular complexity index is 1020. The molecule has 2 atom stereocenters. The third-order valence-corrected chi connectivity index (χ3v) is 7.62. The molecule has 0 radical (unpaired) electrons. The maximum Gasteiger partial charge on any atom is 0.237 e. The zero-order valence-electron chi connectivity index (χ0n) is 16.2. The highest BCUT2D eigenvalue weighted by Crippen LogP contribution is 2.34. The van der Waals surface area contributed by atoms with E-state index in [-0.39, 0.29) is 27.7 Å². The lowest BCUT2D eigenvalue weighted by Crippen LogP contribution is -2.42. The van der Waals surface area contributed by atoms with Crippen molar-refractivity contribution in [3.63, 3.8) is 0 Å². The van der Waals surface area contributed by atoms with Crippen LogP contribution in [0, 0.1) is 5.82 Å². The van der Waals surface area contributed by atoms with Crippen LogP contribution in [-0.2, 0) is 21.1 Å². The van der Waals surface area contributed by atoms with E-state index in [2.05, 4.69) is 10.6 Å². The Kier molecular flexibility index (Phi) is 5.69. The van der Waals surface area contributed by atoms with Crippen molar-refractivity contribution in [1.82, 2.24) is 10.6 Å². The molecular formula is C22H25FN2O3S. The largest absolute Gasteiger partial charge is 0.354 e. The molecule has 7 heteroatoms. The molecule has 5 nitrogen and oxygen atoms in total. The highest BCUT2D eigenvalue weighted by molar-refractivity contribution is 7.91. The first-order valence-electron chi connectivity index (χ1n) is 10.1. The summed E-state index contributed by atoms with van der Waals surface area (Å²) in [5, 5.41) is 6.25. The highest BCUT2D eigenvalue weighted by atomic mass is 32.2. The molecule has 1 fully saturated rings. The minimum absolute atomic E-state index is 0.0406. The van der Waals surface area contributed by atoms with Gasteiger partial charge in [0, 0.05) is 12.5 Å². The molecule has 0 unspecified atom stereocenters. The summed E-state index contributed by atoms with van der Waals surface area (Å²) in [5.41, 5.74) is 2.08. The second-order valence-electron chi connectivity index (χ2n) is 7.80. The number of amides is 1. The Labute approximate surface area is 170 Å². The standard InChI is InChI=1S/C22H25FN2O3S/c23-17-6-2-7-18(13-17)29(27,28)19-9-10-20-15(12-19)4-1-5-16(20)14-25-22(26)21-8-3-11-24-21/h2,6-7,9-10,12-13,16,21,24H,1,3-5,8,11,14H2,(H,25,26)/t16-,21+/m0/s1. The number of hydrogen-bond acceptors (Lipinski definition) is 4. The lowest BCUT2D eigenvalue weighted by molar-refractivity contribution is -0.122. The van der Waals surface area contributed by atoms with E-state index < -0.39 is 15.7 Å². The smallest absolute Gasteiger partial charge is 0.237 e. The fourth-order valence-corrected chi connectivity index (χ4v) is 5.64.